The normalized spacial score (nSPS) is 13.3. The average Bonchev–Trinajstić information content (AvgIpc) is 1.67. The number of benzene rings is 13. The van der Waals surface area contributed by atoms with Crippen LogP contribution in [0.2, 0.25) is 0 Å². The number of para-hydroxylation sites is 3. The van der Waals surface area contributed by atoms with Gasteiger partial charge in [0, 0.05) is 72.0 Å². The number of rotatable bonds is 6. The Balaban J connectivity index is 0.989. The summed E-state index contributed by atoms with van der Waals surface area (Å²) in [6, 6.07) is 97.3. The zero-order chi connectivity index (χ0) is 70.5. The predicted octanol–water partition coefficient (Wildman–Crippen LogP) is 23.7. The summed E-state index contributed by atoms with van der Waals surface area (Å²) in [6.07, 6.45) is 0. The Kier molecular flexibility index (Phi) is 13.4. The van der Waals surface area contributed by atoms with E-state index >= 15 is 0 Å². The molecule has 0 radical (unpaired) electrons. The lowest BCUT2D eigenvalue weighted by Gasteiger charge is -2.42. The summed E-state index contributed by atoms with van der Waals surface area (Å²) in [5.74, 6) is 1.43. The minimum Gasteiger partial charge on any atom is -0.454 e. The molecular weight excluding hydrogens is 1250 g/mol. The van der Waals surface area contributed by atoms with Crippen molar-refractivity contribution in [3.05, 3.63) is 283 Å². The molecule has 0 amide bonds. The average molecular weight is 1330 g/mol. The maximum Gasteiger partial charge on any atom is 0.256 e. The van der Waals surface area contributed by atoms with E-state index in [-0.39, 0.29) is 21.7 Å². The van der Waals surface area contributed by atoms with Gasteiger partial charge in [0.1, 0.15) is 11.3 Å². The first-order valence-corrected chi connectivity index (χ1v) is 36.2. The van der Waals surface area contributed by atoms with Crippen molar-refractivity contribution in [2.24, 2.45) is 0 Å². The summed E-state index contributed by atoms with van der Waals surface area (Å²) in [6.45, 7) is 27.3. The summed E-state index contributed by atoms with van der Waals surface area (Å²) in [5.41, 5.74) is 27.0. The Morgan fingerprint density at radius 1 is 0.359 bits per heavy atom. The summed E-state index contributed by atoms with van der Waals surface area (Å²) in [7, 11) is 0. The first-order chi connectivity index (χ1) is 49.6. The zero-order valence-corrected chi connectivity index (χ0v) is 60.4. The van der Waals surface area contributed by atoms with Crippen LogP contribution in [0.3, 0.4) is 0 Å². The lowest BCUT2D eigenvalue weighted by molar-refractivity contribution is 0.480. The molecule has 0 fully saturated rings. The molecule has 6 heterocycles. The first-order valence-electron chi connectivity index (χ1n) is 36.2. The summed E-state index contributed by atoms with van der Waals surface area (Å²) in [4.78, 5) is 2.61. The van der Waals surface area contributed by atoms with Gasteiger partial charge in [-0.25, -0.2) is 0 Å². The Morgan fingerprint density at radius 2 is 0.825 bits per heavy atom. The van der Waals surface area contributed by atoms with Gasteiger partial charge in [0.25, 0.3) is 6.71 Å². The van der Waals surface area contributed by atoms with Gasteiger partial charge in [-0.2, -0.15) is 5.26 Å². The Hall–Kier alpha value is -11.8. The second kappa shape index (κ2) is 22.1. The van der Waals surface area contributed by atoms with Crippen LogP contribution in [0, 0.1) is 11.3 Å². The molecule has 0 spiro atoms. The fraction of sp³-hybridized carbons (Fsp3) is 0.168. The highest BCUT2D eigenvalue weighted by Gasteiger charge is 2.46. The topological polar surface area (TPSA) is 64.2 Å². The van der Waals surface area contributed by atoms with Crippen molar-refractivity contribution in [3.63, 3.8) is 0 Å². The largest absolute Gasteiger partial charge is 0.454 e. The molecule has 0 saturated carbocycles. The molecule has 0 atom stereocenters. The van der Waals surface area contributed by atoms with Crippen LogP contribution >= 0.6 is 0 Å². The van der Waals surface area contributed by atoms with Gasteiger partial charge < -0.3 is 27.8 Å². The second-order valence-electron chi connectivity index (χ2n) is 32.8. The predicted molar refractivity (Wildman–Crippen MR) is 433 cm³/mol. The van der Waals surface area contributed by atoms with E-state index in [2.05, 4.69) is 350 Å². The van der Waals surface area contributed by atoms with E-state index in [1.54, 1.807) is 0 Å². The number of ether oxygens (including phenoxy) is 1. The minimum atomic E-state index is -0.412. The standard InChI is InChI=1S/C95H78BN5O2/c1-92(2,3)59-35-42-77-70(47-59)71-48-60(93(4,5)6)36-43-78(71)98(77)63-39-40-74-82(51-63)101(89-65(57-24-15-13-16-25-57)30-23-31-66(89)58-26-17-14-18-27-58)84-52-64(99-79-44-37-61(94(7,8)9)49-72(79)73-50-62(95(10,11)12)38-45-80(73)99)53-86-88(84)96(74)75-54-83(87-68-29-20-22-33-85(68)102-91(87)90(75)103-86)100-76-32-21-19-28-67(76)69-46-56(55-97)34-41-81(69)100/h13-54H,1-12H3. The van der Waals surface area contributed by atoms with Gasteiger partial charge >= 0.3 is 0 Å². The van der Waals surface area contributed by atoms with Crippen LogP contribution in [0.15, 0.2) is 259 Å². The van der Waals surface area contributed by atoms with E-state index < -0.39 is 6.71 Å². The SMILES string of the molecule is CC(C)(C)c1ccc2c(c1)c1cc(C(C)(C)C)ccc1n2-c1ccc2c(c1)N(c1c(-c3ccccc3)cccc1-c1ccccc1)c1cc(-n3c4ccc(C(C)(C)C)cc4c4cc(C(C)(C)C)ccc43)cc3c1B2c1cc(-n2c4ccccc4c4cc(C#N)ccc42)c2c(oc4ccccc42)c1O3. The molecule has 0 N–H and O–H groups in total. The summed E-state index contributed by atoms with van der Waals surface area (Å²) < 4.78 is 22.9. The Bertz CT molecular complexity index is 6320. The van der Waals surface area contributed by atoms with Crippen LogP contribution < -0.4 is 26.0 Å². The van der Waals surface area contributed by atoms with Crippen LogP contribution in [0.25, 0.3) is 127 Å². The van der Waals surface area contributed by atoms with Crippen molar-refractivity contribution in [2.75, 3.05) is 4.90 Å². The van der Waals surface area contributed by atoms with Crippen LogP contribution in [0.1, 0.15) is 111 Å². The lowest BCUT2D eigenvalue weighted by Crippen LogP contribution is -2.59. The first kappa shape index (κ1) is 62.2. The molecule has 0 bridgehead atoms. The maximum atomic E-state index is 10.4. The number of hydrogen-bond donors (Lipinski definition) is 0. The number of nitriles is 1. The number of hydrogen-bond acceptors (Lipinski definition) is 4. The Morgan fingerprint density at radius 3 is 1.37 bits per heavy atom. The number of anilines is 3. The van der Waals surface area contributed by atoms with E-state index in [1.807, 2.05) is 12.1 Å². The molecule has 0 unspecified atom stereocenters. The van der Waals surface area contributed by atoms with Crippen molar-refractivity contribution in [3.8, 4) is 56.9 Å². The van der Waals surface area contributed by atoms with Crippen LogP contribution in [0.4, 0.5) is 17.1 Å². The second-order valence-corrected chi connectivity index (χ2v) is 32.8. The van der Waals surface area contributed by atoms with E-state index in [1.165, 1.54) is 43.8 Å². The molecule has 498 valence electrons. The molecular formula is C95H78BN5O2. The molecule has 0 aliphatic carbocycles. The molecule has 103 heavy (non-hydrogen) atoms. The quantitative estimate of drug-likeness (QED) is 0.156. The number of nitrogens with zero attached hydrogens (tertiary/aromatic N) is 5. The third kappa shape index (κ3) is 9.47. The monoisotopic (exact) mass is 1330 g/mol. The van der Waals surface area contributed by atoms with Crippen molar-refractivity contribution in [2.45, 2.75) is 105 Å². The number of fused-ring (bicyclic) bond motifs is 17. The number of furan rings is 1. The molecule has 2 aliphatic rings. The fourth-order valence-corrected chi connectivity index (χ4v) is 17.0. The van der Waals surface area contributed by atoms with Gasteiger partial charge in [0.2, 0.25) is 0 Å². The van der Waals surface area contributed by atoms with E-state index in [9.17, 15) is 5.26 Å². The third-order valence-corrected chi connectivity index (χ3v) is 22.3. The van der Waals surface area contributed by atoms with Crippen molar-refractivity contribution in [1.29, 1.82) is 5.26 Å². The van der Waals surface area contributed by atoms with Gasteiger partial charge in [-0.15, -0.1) is 0 Å². The minimum absolute atomic E-state index is 0.0788. The smallest absolute Gasteiger partial charge is 0.256 e. The maximum absolute atomic E-state index is 10.4. The molecule has 19 rings (SSSR count). The van der Waals surface area contributed by atoms with Gasteiger partial charge in [0.05, 0.1) is 67.2 Å². The lowest BCUT2D eigenvalue weighted by atomic mass is 9.34. The van der Waals surface area contributed by atoms with E-state index in [4.69, 9.17) is 9.15 Å². The third-order valence-electron chi connectivity index (χ3n) is 22.3. The Labute approximate surface area is 601 Å². The van der Waals surface area contributed by atoms with Crippen molar-refractivity contribution in [1.82, 2.24) is 13.7 Å². The van der Waals surface area contributed by atoms with Gasteiger partial charge in [-0.1, -0.05) is 229 Å². The molecule has 0 saturated heterocycles. The highest BCUT2D eigenvalue weighted by molar-refractivity contribution is 6.99. The van der Waals surface area contributed by atoms with Gasteiger partial charge in [-0.3, -0.25) is 0 Å². The van der Waals surface area contributed by atoms with Crippen molar-refractivity contribution < 1.29 is 9.15 Å². The highest BCUT2D eigenvalue weighted by atomic mass is 16.5. The molecule has 8 heteroatoms. The molecule has 4 aromatic heterocycles. The zero-order valence-electron chi connectivity index (χ0n) is 60.4. The van der Waals surface area contributed by atoms with Crippen LogP contribution in [0.5, 0.6) is 11.5 Å². The fourth-order valence-electron chi connectivity index (χ4n) is 17.0. The van der Waals surface area contributed by atoms with Gasteiger partial charge in [-0.05, 0) is 175 Å². The highest BCUT2D eigenvalue weighted by Crippen LogP contribution is 2.53. The molecule has 17 aromatic rings. The molecule has 13 aromatic carbocycles. The molecule has 2 aliphatic heterocycles. The summed E-state index contributed by atoms with van der Waals surface area (Å²) in [5, 5.41) is 19.3. The van der Waals surface area contributed by atoms with E-state index in [0.29, 0.717) is 16.9 Å². The molecule has 7 nitrogen and oxygen atoms in total. The number of aromatic nitrogens is 3. The van der Waals surface area contributed by atoms with Crippen LogP contribution in [-0.2, 0) is 21.7 Å². The summed E-state index contributed by atoms with van der Waals surface area (Å²) >= 11 is 0. The van der Waals surface area contributed by atoms with E-state index in [0.717, 1.165) is 139 Å². The van der Waals surface area contributed by atoms with Crippen LogP contribution in [-0.4, -0.2) is 20.4 Å². The van der Waals surface area contributed by atoms with Crippen molar-refractivity contribution >= 4 is 128 Å². The van der Waals surface area contributed by atoms with Gasteiger partial charge in [0.15, 0.2) is 11.3 Å².